The maximum atomic E-state index is 13.5. The van der Waals surface area contributed by atoms with Crippen LogP contribution in [0.1, 0.15) is 10.4 Å². The van der Waals surface area contributed by atoms with E-state index in [2.05, 4.69) is 21.1 Å². The number of hydrogen-bond donors (Lipinski definition) is 2. The molecule has 6 nitrogen and oxygen atoms in total. The van der Waals surface area contributed by atoms with Crippen LogP contribution in [0, 0.1) is 5.82 Å². The zero-order valence-electron chi connectivity index (χ0n) is 10.4. The van der Waals surface area contributed by atoms with Gasteiger partial charge in [0.2, 0.25) is 0 Å². The molecule has 108 valence electrons. The lowest BCUT2D eigenvalue weighted by Crippen LogP contribution is -2.50. The first-order valence-electron chi connectivity index (χ1n) is 5.86. The van der Waals surface area contributed by atoms with Crippen LogP contribution in [-0.2, 0) is 4.74 Å². The fraction of sp³-hybridized carbons (Fsp3) is 0.333. The van der Waals surface area contributed by atoms with E-state index in [0.717, 1.165) is 0 Å². The molecule has 1 amide bonds. The number of hydrogen-bond acceptors (Lipinski definition) is 4. The SMILES string of the molecule is NC(=NO)C1CN(C(=O)c2ccc(Br)c(F)c2)CCO1. The first kappa shape index (κ1) is 14.7. The van der Waals surface area contributed by atoms with Crippen molar-refractivity contribution >= 4 is 27.7 Å². The number of rotatable bonds is 2. The summed E-state index contributed by atoms with van der Waals surface area (Å²) in [6.45, 7) is 0.795. The fourth-order valence-electron chi connectivity index (χ4n) is 1.89. The molecule has 1 saturated heterocycles. The third kappa shape index (κ3) is 3.07. The number of benzene rings is 1. The Bertz CT molecular complexity index is 553. The molecular formula is C12H13BrFN3O3. The van der Waals surface area contributed by atoms with Crippen LogP contribution in [0.2, 0.25) is 0 Å². The average Bonchev–Trinajstić information content (AvgIpc) is 2.48. The molecule has 1 fully saturated rings. The highest BCUT2D eigenvalue weighted by Gasteiger charge is 2.27. The molecule has 20 heavy (non-hydrogen) atoms. The standard InChI is InChI=1S/C12H13BrFN3O3/c13-8-2-1-7(5-9(8)14)12(18)17-3-4-20-10(6-17)11(15)16-19/h1-2,5,10,19H,3-4,6H2,(H2,15,16). The summed E-state index contributed by atoms with van der Waals surface area (Å²) in [5.74, 6) is -0.919. The lowest BCUT2D eigenvalue weighted by Gasteiger charge is -2.32. The Hall–Kier alpha value is -1.67. The van der Waals surface area contributed by atoms with Gasteiger partial charge in [-0.2, -0.15) is 0 Å². The maximum absolute atomic E-state index is 13.5. The van der Waals surface area contributed by atoms with E-state index in [-0.39, 0.29) is 30.5 Å². The Morgan fingerprint density at radius 2 is 2.35 bits per heavy atom. The molecule has 1 atom stereocenters. The number of nitrogens with zero attached hydrogens (tertiary/aromatic N) is 2. The van der Waals surface area contributed by atoms with Crippen LogP contribution in [0.3, 0.4) is 0 Å². The van der Waals surface area contributed by atoms with Gasteiger partial charge in [0.15, 0.2) is 5.84 Å². The van der Waals surface area contributed by atoms with Crippen LogP contribution in [0.5, 0.6) is 0 Å². The number of carbonyl (C=O) groups is 1. The number of amidine groups is 1. The molecule has 0 aromatic heterocycles. The van der Waals surface area contributed by atoms with Crippen molar-refractivity contribution in [3.05, 3.63) is 34.1 Å². The lowest BCUT2D eigenvalue weighted by molar-refractivity contribution is 0.00674. The minimum Gasteiger partial charge on any atom is -0.409 e. The molecule has 1 heterocycles. The highest BCUT2D eigenvalue weighted by atomic mass is 79.9. The predicted molar refractivity (Wildman–Crippen MR) is 73.2 cm³/mol. The molecule has 0 aliphatic carbocycles. The predicted octanol–water partition coefficient (Wildman–Crippen LogP) is 1.18. The van der Waals surface area contributed by atoms with Gasteiger partial charge in [0.05, 0.1) is 17.6 Å². The van der Waals surface area contributed by atoms with Gasteiger partial charge in [0, 0.05) is 12.1 Å². The fourth-order valence-corrected chi connectivity index (χ4v) is 2.14. The quantitative estimate of drug-likeness (QED) is 0.364. The Morgan fingerprint density at radius 1 is 1.60 bits per heavy atom. The number of ether oxygens (including phenoxy) is 1. The molecule has 0 bridgehead atoms. The number of nitrogens with two attached hydrogens (primary N) is 1. The van der Waals surface area contributed by atoms with Crippen molar-refractivity contribution < 1.29 is 19.1 Å². The molecule has 1 aromatic carbocycles. The molecule has 0 saturated carbocycles. The third-order valence-corrected chi connectivity index (χ3v) is 3.61. The summed E-state index contributed by atoms with van der Waals surface area (Å²) in [5, 5.41) is 11.5. The molecule has 1 aliphatic heterocycles. The first-order valence-corrected chi connectivity index (χ1v) is 6.65. The van der Waals surface area contributed by atoms with E-state index in [4.69, 9.17) is 15.7 Å². The van der Waals surface area contributed by atoms with Gasteiger partial charge in [-0.1, -0.05) is 5.16 Å². The van der Waals surface area contributed by atoms with E-state index >= 15 is 0 Å². The second-order valence-corrected chi connectivity index (χ2v) is 5.12. The van der Waals surface area contributed by atoms with Crippen LogP contribution in [-0.4, -0.2) is 47.7 Å². The van der Waals surface area contributed by atoms with Crippen molar-refractivity contribution in [3.63, 3.8) is 0 Å². The van der Waals surface area contributed by atoms with E-state index in [1.54, 1.807) is 0 Å². The highest BCUT2D eigenvalue weighted by Crippen LogP contribution is 2.18. The van der Waals surface area contributed by atoms with Crippen LogP contribution in [0.15, 0.2) is 27.8 Å². The lowest BCUT2D eigenvalue weighted by atomic mass is 10.1. The molecular weight excluding hydrogens is 333 g/mol. The van der Waals surface area contributed by atoms with Crippen molar-refractivity contribution in [3.8, 4) is 0 Å². The van der Waals surface area contributed by atoms with Crippen molar-refractivity contribution in [1.29, 1.82) is 0 Å². The third-order valence-electron chi connectivity index (χ3n) is 2.97. The van der Waals surface area contributed by atoms with Gasteiger partial charge in [-0.05, 0) is 34.1 Å². The molecule has 2 rings (SSSR count). The number of morpholine rings is 1. The van der Waals surface area contributed by atoms with Crippen LogP contribution < -0.4 is 5.73 Å². The second kappa shape index (κ2) is 6.19. The van der Waals surface area contributed by atoms with Crippen molar-refractivity contribution in [2.24, 2.45) is 10.9 Å². The van der Waals surface area contributed by atoms with E-state index in [9.17, 15) is 9.18 Å². The minimum atomic E-state index is -0.655. The summed E-state index contributed by atoms with van der Waals surface area (Å²) >= 11 is 3.03. The van der Waals surface area contributed by atoms with Crippen molar-refractivity contribution in [2.75, 3.05) is 19.7 Å². The number of halogens is 2. The van der Waals surface area contributed by atoms with Crippen LogP contribution >= 0.6 is 15.9 Å². The van der Waals surface area contributed by atoms with Gasteiger partial charge in [-0.15, -0.1) is 0 Å². The normalized spacial score (nSPS) is 20.0. The summed E-state index contributed by atoms with van der Waals surface area (Å²) in [5.41, 5.74) is 5.71. The molecule has 0 radical (unpaired) electrons. The van der Waals surface area contributed by atoms with Gasteiger partial charge in [-0.3, -0.25) is 4.79 Å². The summed E-state index contributed by atoms with van der Waals surface area (Å²) < 4.78 is 19.0. The number of carbonyl (C=O) groups excluding carboxylic acids is 1. The Labute approximate surface area is 123 Å². The molecule has 1 aliphatic rings. The monoisotopic (exact) mass is 345 g/mol. The average molecular weight is 346 g/mol. The molecule has 1 unspecified atom stereocenters. The molecule has 8 heteroatoms. The number of oxime groups is 1. The minimum absolute atomic E-state index is 0.0931. The summed E-state index contributed by atoms with van der Waals surface area (Å²) in [7, 11) is 0. The summed E-state index contributed by atoms with van der Waals surface area (Å²) in [6, 6.07) is 4.17. The highest BCUT2D eigenvalue weighted by molar-refractivity contribution is 9.10. The first-order chi connectivity index (χ1) is 9.52. The van der Waals surface area contributed by atoms with Crippen LogP contribution in [0.4, 0.5) is 4.39 Å². The van der Waals surface area contributed by atoms with Gasteiger partial charge in [0.1, 0.15) is 11.9 Å². The Morgan fingerprint density at radius 3 is 3.00 bits per heavy atom. The zero-order chi connectivity index (χ0) is 14.7. The number of amides is 1. The maximum Gasteiger partial charge on any atom is 0.254 e. The van der Waals surface area contributed by atoms with E-state index < -0.39 is 11.9 Å². The smallest absolute Gasteiger partial charge is 0.254 e. The Balaban J connectivity index is 2.14. The topological polar surface area (TPSA) is 88.2 Å². The largest absolute Gasteiger partial charge is 0.409 e. The van der Waals surface area contributed by atoms with Gasteiger partial charge >= 0.3 is 0 Å². The molecule has 0 spiro atoms. The van der Waals surface area contributed by atoms with Crippen molar-refractivity contribution in [1.82, 2.24) is 4.90 Å². The van der Waals surface area contributed by atoms with Crippen LogP contribution in [0.25, 0.3) is 0 Å². The van der Waals surface area contributed by atoms with E-state index in [0.29, 0.717) is 11.0 Å². The molecule has 1 aromatic rings. The van der Waals surface area contributed by atoms with E-state index in [1.165, 1.54) is 23.1 Å². The van der Waals surface area contributed by atoms with Crippen molar-refractivity contribution in [2.45, 2.75) is 6.10 Å². The molecule has 3 N–H and O–H groups in total. The summed E-state index contributed by atoms with van der Waals surface area (Å²) in [4.78, 5) is 13.7. The Kier molecular flexibility index (Phi) is 4.56. The summed E-state index contributed by atoms with van der Waals surface area (Å²) in [6.07, 6.45) is -0.655. The van der Waals surface area contributed by atoms with Gasteiger partial charge in [0.25, 0.3) is 5.91 Å². The second-order valence-electron chi connectivity index (χ2n) is 4.26. The van der Waals surface area contributed by atoms with E-state index in [1.807, 2.05) is 0 Å². The van der Waals surface area contributed by atoms with Gasteiger partial charge in [-0.25, -0.2) is 4.39 Å². The van der Waals surface area contributed by atoms with Gasteiger partial charge < -0.3 is 20.6 Å². The zero-order valence-corrected chi connectivity index (χ0v) is 12.0.